The van der Waals surface area contributed by atoms with E-state index in [2.05, 4.69) is 62.2 Å². The third-order valence-electron chi connectivity index (χ3n) is 3.61. The number of hydrogen-bond donors (Lipinski definition) is 1. The third-order valence-corrected chi connectivity index (χ3v) is 3.61. The molecule has 0 aliphatic carbocycles. The van der Waals surface area contributed by atoms with Crippen LogP contribution >= 0.6 is 0 Å². The van der Waals surface area contributed by atoms with E-state index >= 15 is 0 Å². The lowest BCUT2D eigenvalue weighted by Gasteiger charge is -2.24. The van der Waals surface area contributed by atoms with Crippen molar-refractivity contribution in [3.8, 4) is 0 Å². The minimum absolute atomic E-state index is 0.233. The maximum absolute atomic E-state index is 3.62. The van der Waals surface area contributed by atoms with Crippen LogP contribution in [0.3, 0.4) is 0 Å². The van der Waals surface area contributed by atoms with Crippen LogP contribution in [0.2, 0.25) is 0 Å². The highest BCUT2D eigenvalue weighted by molar-refractivity contribution is 5.48. The fraction of sp³-hybridized carbons (Fsp3) is 0.625. The molecule has 1 aliphatic rings. The van der Waals surface area contributed by atoms with Crippen molar-refractivity contribution in [2.75, 3.05) is 24.5 Å². The fourth-order valence-electron chi connectivity index (χ4n) is 2.44. The van der Waals surface area contributed by atoms with E-state index in [1.54, 1.807) is 0 Å². The van der Waals surface area contributed by atoms with E-state index in [1.165, 1.54) is 30.8 Å². The number of nitrogens with zero attached hydrogens (tertiary/aromatic N) is 1. The summed E-state index contributed by atoms with van der Waals surface area (Å²) in [6.45, 7) is 12.4. The highest BCUT2D eigenvalue weighted by Crippen LogP contribution is 2.24. The molecule has 1 aromatic carbocycles. The molecular weight excluding hydrogens is 220 g/mol. The van der Waals surface area contributed by atoms with Gasteiger partial charge in [0.15, 0.2) is 0 Å². The Hall–Kier alpha value is -1.02. The number of benzene rings is 1. The number of anilines is 1. The Morgan fingerprint density at radius 2 is 1.89 bits per heavy atom. The van der Waals surface area contributed by atoms with Crippen LogP contribution in [-0.2, 0) is 0 Å². The molecule has 1 fully saturated rings. The van der Waals surface area contributed by atoms with Gasteiger partial charge in [-0.25, -0.2) is 0 Å². The summed E-state index contributed by atoms with van der Waals surface area (Å²) in [4.78, 5) is 2.51. The summed E-state index contributed by atoms with van der Waals surface area (Å²) in [6.07, 6.45) is 1.30. The number of nitrogens with one attached hydrogen (secondary N) is 1. The summed E-state index contributed by atoms with van der Waals surface area (Å²) >= 11 is 0. The van der Waals surface area contributed by atoms with Crippen LogP contribution in [-0.4, -0.2) is 25.2 Å². The molecule has 1 aromatic rings. The molecule has 2 nitrogen and oxygen atoms in total. The second kappa shape index (κ2) is 5.31. The SMILES string of the molecule is Cc1ccc(N2CCC(CNC(C)(C)C)C2)cc1. The lowest BCUT2D eigenvalue weighted by atomic mass is 10.1. The molecular formula is C16H26N2. The summed E-state index contributed by atoms with van der Waals surface area (Å²) < 4.78 is 0. The van der Waals surface area contributed by atoms with Crippen LogP contribution in [0.1, 0.15) is 32.8 Å². The van der Waals surface area contributed by atoms with Gasteiger partial charge in [0.2, 0.25) is 0 Å². The van der Waals surface area contributed by atoms with Gasteiger partial charge in [-0.2, -0.15) is 0 Å². The van der Waals surface area contributed by atoms with E-state index < -0.39 is 0 Å². The topological polar surface area (TPSA) is 15.3 Å². The number of aryl methyl sites for hydroxylation is 1. The predicted molar refractivity (Wildman–Crippen MR) is 79.3 cm³/mol. The Labute approximate surface area is 111 Å². The van der Waals surface area contributed by atoms with E-state index in [1.807, 2.05) is 0 Å². The van der Waals surface area contributed by atoms with Crippen molar-refractivity contribution in [3.05, 3.63) is 29.8 Å². The molecule has 0 aromatic heterocycles. The van der Waals surface area contributed by atoms with E-state index in [-0.39, 0.29) is 5.54 Å². The van der Waals surface area contributed by atoms with Crippen molar-refractivity contribution in [1.29, 1.82) is 0 Å². The zero-order valence-electron chi connectivity index (χ0n) is 12.2. The van der Waals surface area contributed by atoms with E-state index in [4.69, 9.17) is 0 Å². The van der Waals surface area contributed by atoms with Gasteiger partial charge in [-0.3, -0.25) is 0 Å². The van der Waals surface area contributed by atoms with Crippen molar-refractivity contribution in [2.24, 2.45) is 5.92 Å². The molecule has 1 heterocycles. The summed E-state index contributed by atoms with van der Waals surface area (Å²) in [5.41, 5.74) is 2.94. The molecule has 0 radical (unpaired) electrons. The van der Waals surface area contributed by atoms with Gasteiger partial charge in [-0.1, -0.05) is 17.7 Å². The van der Waals surface area contributed by atoms with Crippen molar-refractivity contribution in [1.82, 2.24) is 5.32 Å². The van der Waals surface area contributed by atoms with Crippen molar-refractivity contribution >= 4 is 5.69 Å². The van der Waals surface area contributed by atoms with E-state index in [0.29, 0.717) is 0 Å². The van der Waals surface area contributed by atoms with Gasteiger partial charge in [0.1, 0.15) is 0 Å². The molecule has 18 heavy (non-hydrogen) atoms. The second-order valence-corrected chi connectivity index (χ2v) is 6.57. The van der Waals surface area contributed by atoms with Crippen LogP contribution in [0, 0.1) is 12.8 Å². The average molecular weight is 246 g/mol. The Kier molecular flexibility index (Phi) is 3.96. The van der Waals surface area contributed by atoms with Gasteiger partial charge in [0.25, 0.3) is 0 Å². The smallest absolute Gasteiger partial charge is 0.0366 e. The van der Waals surface area contributed by atoms with Gasteiger partial charge in [0.05, 0.1) is 0 Å². The first kappa shape index (κ1) is 13.4. The molecule has 1 unspecified atom stereocenters. The largest absolute Gasteiger partial charge is 0.371 e. The molecule has 2 heteroatoms. The highest BCUT2D eigenvalue weighted by Gasteiger charge is 2.23. The lowest BCUT2D eigenvalue weighted by Crippen LogP contribution is -2.39. The quantitative estimate of drug-likeness (QED) is 0.881. The van der Waals surface area contributed by atoms with Crippen molar-refractivity contribution in [3.63, 3.8) is 0 Å². The van der Waals surface area contributed by atoms with Gasteiger partial charge in [-0.05, 0) is 52.2 Å². The summed E-state index contributed by atoms with van der Waals surface area (Å²) in [7, 11) is 0. The van der Waals surface area contributed by atoms with E-state index in [9.17, 15) is 0 Å². The maximum Gasteiger partial charge on any atom is 0.0366 e. The maximum atomic E-state index is 3.62. The predicted octanol–water partition coefficient (Wildman–Crippen LogP) is 3.21. The van der Waals surface area contributed by atoms with Crippen LogP contribution in [0.4, 0.5) is 5.69 Å². The average Bonchev–Trinajstić information content (AvgIpc) is 2.75. The van der Waals surface area contributed by atoms with Gasteiger partial charge in [-0.15, -0.1) is 0 Å². The van der Waals surface area contributed by atoms with Crippen LogP contribution in [0.5, 0.6) is 0 Å². The lowest BCUT2D eigenvalue weighted by molar-refractivity contribution is 0.383. The Bertz CT molecular complexity index is 375. The molecule has 1 saturated heterocycles. The zero-order valence-corrected chi connectivity index (χ0v) is 12.2. The Balaban J connectivity index is 1.86. The van der Waals surface area contributed by atoms with Crippen LogP contribution < -0.4 is 10.2 Å². The summed E-state index contributed by atoms with van der Waals surface area (Å²) in [5, 5.41) is 3.62. The molecule has 2 rings (SSSR count). The molecule has 100 valence electrons. The number of hydrogen-bond acceptors (Lipinski definition) is 2. The van der Waals surface area contributed by atoms with Gasteiger partial charge in [0, 0.05) is 30.9 Å². The van der Waals surface area contributed by atoms with Crippen LogP contribution in [0.25, 0.3) is 0 Å². The molecule has 1 atom stereocenters. The van der Waals surface area contributed by atoms with E-state index in [0.717, 1.165) is 12.5 Å². The minimum Gasteiger partial charge on any atom is -0.371 e. The number of rotatable bonds is 3. The fourth-order valence-corrected chi connectivity index (χ4v) is 2.44. The standard InChI is InChI=1S/C16H26N2/c1-13-5-7-15(8-6-13)18-10-9-14(12-18)11-17-16(2,3)4/h5-8,14,17H,9-12H2,1-4H3. The second-order valence-electron chi connectivity index (χ2n) is 6.57. The zero-order chi connectivity index (χ0) is 13.2. The third kappa shape index (κ3) is 3.74. The summed E-state index contributed by atoms with van der Waals surface area (Å²) in [6, 6.07) is 8.90. The van der Waals surface area contributed by atoms with Gasteiger partial charge < -0.3 is 10.2 Å². The monoisotopic (exact) mass is 246 g/mol. The molecule has 1 aliphatic heterocycles. The first-order valence-electron chi connectivity index (χ1n) is 7.01. The molecule has 1 N–H and O–H groups in total. The molecule has 0 saturated carbocycles. The van der Waals surface area contributed by atoms with Crippen molar-refractivity contribution in [2.45, 2.75) is 39.7 Å². The first-order valence-corrected chi connectivity index (χ1v) is 7.01. The van der Waals surface area contributed by atoms with Crippen molar-refractivity contribution < 1.29 is 0 Å². The summed E-state index contributed by atoms with van der Waals surface area (Å²) in [5.74, 6) is 0.783. The minimum atomic E-state index is 0.233. The van der Waals surface area contributed by atoms with Gasteiger partial charge >= 0.3 is 0 Å². The first-order chi connectivity index (χ1) is 8.44. The Morgan fingerprint density at radius 3 is 2.50 bits per heavy atom. The Morgan fingerprint density at radius 1 is 1.22 bits per heavy atom. The highest BCUT2D eigenvalue weighted by atomic mass is 15.2. The normalized spacial score (nSPS) is 20.4. The van der Waals surface area contributed by atoms with Crippen LogP contribution in [0.15, 0.2) is 24.3 Å². The molecule has 0 bridgehead atoms. The molecule has 0 spiro atoms. The molecule has 0 amide bonds.